The molecule has 0 bridgehead atoms. The molecule has 0 spiro atoms. The first kappa shape index (κ1) is 18.9. The van der Waals surface area contributed by atoms with Crippen LogP contribution in [0.2, 0.25) is 0 Å². The number of allylic oxidation sites excluding steroid dienone is 1. The van der Waals surface area contributed by atoms with Gasteiger partial charge in [0.15, 0.2) is 5.65 Å². The maximum absolute atomic E-state index is 5.79. The van der Waals surface area contributed by atoms with E-state index in [-0.39, 0.29) is 0 Å². The van der Waals surface area contributed by atoms with Gasteiger partial charge in [-0.15, -0.1) is 5.10 Å². The summed E-state index contributed by atoms with van der Waals surface area (Å²) < 4.78 is 7.14. The van der Waals surface area contributed by atoms with Crippen LogP contribution in [0.3, 0.4) is 0 Å². The molecule has 0 saturated carbocycles. The maximum atomic E-state index is 5.79. The number of fused-ring (bicyclic) bond motifs is 1. The number of nitrogens with one attached hydrogen (secondary N) is 1. The Balaban J connectivity index is 1.60. The molecule has 0 radical (unpaired) electrons. The molecule has 1 aliphatic heterocycles. The zero-order valence-electron chi connectivity index (χ0n) is 16.5. The Kier molecular flexibility index (Phi) is 5.39. The fourth-order valence-electron chi connectivity index (χ4n) is 3.35. The minimum atomic E-state index is 0.489. The van der Waals surface area contributed by atoms with E-state index in [1.807, 2.05) is 19.1 Å². The van der Waals surface area contributed by atoms with E-state index in [2.05, 4.69) is 42.4 Å². The van der Waals surface area contributed by atoms with E-state index in [4.69, 9.17) is 10.5 Å². The summed E-state index contributed by atoms with van der Waals surface area (Å²) in [7, 11) is 1.70. The van der Waals surface area contributed by atoms with Crippen LogP contribution in [-0.2, 0) is 4.74 Å². The third-order valence-corrected chi connectivity index (χ3v) is 4.78. The summed E-state index contributed by atoms with van der Waals surface area (Å²) in [6.45, 7) is 5.26. The van der Waals surface area contributed by atoms with E-state index in [9.17, 15) is 0 Å². The normalized spacial score (nSPS) is 15.4. The monoisotopic (exact) mass is 392 g/mol. The largest absolute Gasteiger partial charge is 0.404 e. The summed E-state index contributed by atoms with van der Waals surface area (Å²) in [6.07, 6.45) is 4.87. The molecule has 1 aliphatic rings. The number of rotatable bonds is 5. The summed E-state index contributed by atoms with van der Waals surface area (Å²) >= 11 is 0. The second-order valence-corrected chi connectivity index (χ2v) is 6.68. The van der Waals surface area contributed by atoms with Gasteiger partial charge >= 0.3 is 0 Å². The number of benzene rings is 1. The lowest BCUT2D eigenvalue weighted by molar-refractivity contribution is 0.122. The van der Waals surface area contributed by atoms with Gasteiger partial charge in [-0.1, -0.05) is 0 Å². The molecular formula is C20H24N8O. The van der Waals surface area contributed by atoms with E-state index in [0.717, 1.165) is 49.0 Å². The van der Waals surface area contributed by atoms with Gasteiger partial charge in [0.1, 0.15) is 0 Å². The van der Waals surface area contributed by atoms with Crippen molar-refractivity contribution >= 4 is 34.8 Å². The number of hydrogen-bond acceptors (Lipinski definition) is 8. The van der Waals surface area contributed by atoms with Crippen LogP contribution in [-0.4, -0.2) is 59.1 Å². The van der Waals surface area contributed by atoms with Crippen molar-refractivity contribution in [3.63, 3.8) is 0 Å². The van der Waals surface area contributed by atoms with Crippen molar-refractivity contribution < 1.29 is 4.74 Å². The zero-order chi connectivity index (χ0) is 20.2. The minimum Gasteiger partial charge on any atom is -0.404 e. The number of hydrogen-bond donors (Lipinski definition) is 2. The summed E-state index contributed by atoms with van der Waals surface area (Å²) in [4.78, 5) is 15.3. The zero-order valence-corrected chi connectivity index (χ0v) is 16.5. The summed E-state index contributed by atoms with van der Waals surface area (Å²) in [5, 5.41) is 7.86. The molecule has 0 amide bonds. The third kappa shape index (κ3) is 3.90. The Labute approximate surface area is 168 Å². The second kappa shape index (κ2) is 8.27. The Hall–Kier alpha value is -3.46. The first-order chi connectivity index (χ1) is 14.2. The molecule has 29 heavy (non-hydrogen) atoms. The molecule has 1 fully saturated rings. The van der Waals surface area contributed by atoms with Gasteiger partial charge < -0.3 is 20.7 Å². The number of nitrogens with zero attached hydrogens (tertiary/aromatic N) is 6. The first-order valence-corrected chi connectivity index (χ1v) is 9.46. The van der Waals surface area contributed by atoms with E-state index in [1.165, 1.54) is 11.9 Å². The van der Waals surface area contributed by atoms with Gasteiger partial charge in [-0.3, -0.25) is 9.98 Å². The highest BCUT2D eigenvalue weighted by Gasteiger charge is 2.14. The SMILES string of the molecule is CN=C/C(=C\N)c1c(C)ncc2nc(Nc3ccc(N4CCOCC4)cc3)nn12. The smallest absolute Gasteiger partial charge is 0.247 e. The second-order valence-electron chi connectivity index (χ2n) is 6.68. The predicted octanol–water partition coefficient (Wildman–Crippen LogP) is 2.01. The molecule has 2 aromatic heterocycles. The Morgan fingerprint density at radius 1 is 1.24 bits per heavy atom. The van der Waals surface area contributed by atoms with Crippen molar-refractivity contribution in [1.82, 2.24) is 19.6 Å². The van der Waals surface area contributed by atoms with Gasteiger partial charge in [0.2, 0.25) is 5.95 Å². The van der Waals surface area contributed by atoms with Gasteiger partial charge in [-0.2, -0.15) is 4.98 Å². The van der Waals surface area contributed by atoms with Gasteiger partial charge in [0, 0.05) is 49.5 Å². The lowest BCUT2D eigenvalue weighted by Gasteiger charge is -2.28. The average molecular weight is 392 g/mol. The lowest BCUT2D eigenvalue weighted by atomic mass is 10.2. The molecule has 0 atom stereocenters. The third-order valence-electron chi connectivity index (χ3n) is 4.78. The van der Waals surface area contributed by atoms with Crippen LogP contribution in [0.5, 0.6) is 0 Å². The van der Waals surface area contributed by atoms with Crippen molar-refractivity contribution in [3.8, 4) is 0 Å². The van der Waals surface area contributed by atoms with E-state index in [1.54, 1.807) is 24.0 Å². The van der Waals surface area contributed by atoms with Gasteiger partial charge in [0.05, 0.1) is 30.8 Å². The Morgan fingerprint density at radius 3 is 2.69 bits per heavy atom. The molecule has 3 aromatic rings. The van der Waals surface area contributed by atoms with Crippen LogP contribution < -0.4 is 16.0 Å². The number of morpholine rings is 1. The standard InChI is InChI=1S/C20H24N8O/c1-14-19(15(11-21)12-22-2)28-18(13-23-14)25-20(26-28)24-16-3-5-17(6-4-16)27-7-9-29-10-8-27/h3-6,11-13H,7-10,21H2,1-2H3,(H,24,26)/b15-11+,22-12?. The van der Waals surface area contributed by atoms with E-state index >= 15 is 0 Å². The molecule has 3 heterocycles. The quantitative estimate of drug-likeness (QED) is 0.640. The predicted molar refractivity (Wildman–Crippen MR) is 115 cm³/mol. The highest BCUT2D eigenvalue weighted by atomic mass is 16.5. The van der Waals surface area contributed by atoms with Crippen LogP contribution in [0.25, 0.3) is 11.2 Å². The highest BCUT2D eigenvalue weighted by Crippen LogP contribution is 2.22. The molecule has 9 nitrogen and oxygen atoms in total. The fraction of sp³-hybridized carbons (Fsp3) is 0.300. The van der Waals surface area contributed by atoms with E-state index in [0.29, 0.717) is 11.6 Å². The summed E-state index contributed by atoms with van der Waals surface area (Å²) in [6, 6.07) is 8.23. The Morgan fingerprint density at radius 2 is 2.00 bits per heavy atom. The van der Waals surface area contributed by atoms with Gasteiger partial charge in [-0.05, 0) is 31.2 Å². The van der Waals surface area contributed by atoms with Crippen LogP contribution in [0.4, 0.5) is 17.3 Å². The lowest BCUT2D eigenvalue weighted by Crippen LogP contribution is -2.36. The van der Waals surface area contributed by atoms with Crippen LogP contribution in [0.1, 0.15) is 11.4 Å². The highest BCUT2D eigenvalue weighted by molar-refractivity contribution is 6.09. The van der Waals surface area contributed by atoms with Gasteiger partial charge in [0.25, 0.3) is 0 Å². The number of aliphatic imine (C=N–C) groups is 1. The van der Waals surface area contributed by atoms with Gasteiger partial charge in [-0.25, -0.2) is 4.52 Å². The molecule has 0 unspecified atom stereocenters. The molecule has 0 aliphatic carbocycles. The molecule has 4 rings (SSSR count). The number of aromatic nitrogens is 4. The topological polar surface area (TPSA) is 106 Å². The summed E-state index contributed by atoms with van der Waals surface area (Å²) in [5.41, 5.74) is 10.8. The molecule has 1 aromatic carbocycles. The Bertz CT molecular complexity index is 1050. The van der Waals surface area contributed by atoms with Crippen molar-refractivity contribution in [2.45, 2.75) is 6.92 Å². The van der Waals surface area contributed by atoms with Crippen LogP contribution >= 0.6 is 0 Å². The molecular weight excluding hydrogens is 368 g/mol. The van der Waals surface area contributed by atoms with Crippen molar-refractivity contribution in [3.05, 3.63) is 48.1 Å². The number of aryl methyl sites for hydroxylation is 1. The first-order valence-electron chi connectivity index (χ1n) is 9.46. The average Bonchev–Trinajstić information content (AvgIpc) is 3.16. The fourth-order valence-corrected chi connectivity index (χ4v) is 3.35. The van der Waals surface area contributed by atoms with Crippen molar-refractivity contribution in [1.29, 1.82) is 0 Å². The van der Waals surface area contributed by atoms with Crippen molar-refractivity contribution in [2.75, 3.05) is 43.6 Å². The minimum absolute atomic E-state index is 0.489. The molecule has 150 valence electrons. The molecule has 1 saturated heterocycles. The van der Waals surface area contributed by atoms with E-state index < -0.39 is 0 Å². The van der Waals surface area contributed by atoms with Crippen molar-refractivity contribution in [2.24, 2.45) is 10.7 Å². The van der Waals surface area contributed by atoms with Crippen LogP contribution in [0, 0.1) is 6.92 Å². The van der Waals surface area contributed by atoms with Crippen LogP contribution in [0.15, 0.2) is 41.7 Å². The molecule has 9 heteroatoms. The maximum Gasteiger partial charge on any atom is 0.247 e. The number of ether oxygens (including phenoxy) is 1. The number of nitrogens with two attached hydrogens (primary N) is 1. The number of anilines is 3. The summed E-state index contributed by atoms with van der Waals surface area (Å²) in [5.74, 6) is 0.489. The molecule has 3 N–H and O–H groups in total.